The minimum atomic E-state index is 0.265. The van der Waals surface area contributed by atoms with Crippen molar-refractivity contribution in [1.29, 1.82) is 0 Å². The molecule has 2 aromatic carbocycles. The van der Waals surface area contributed by atoms with E-state index in [9.17, 15) is 10.2 Å². The molecule has 0 bridgehead atoms. The van der Waals surface area contributed by atoms with Crippen LogP contribution in [-0.2, 0) is 6.42 Å². The molecule has 2 aromatic rings. The second-order valence-electron chi connectivity index (χ2n) is 3.79. The molecule has 0 aliphatic rings. The number of phenolic OH excluding ortho intramolecular Hbond substituents is 2. The Bertz CT molecular complexity index is 530. The van der Waals surface area contributed by atoms with Gasteiger partial charge in [0.05, 0.1) is 0 Å². The molecular formula is C15H14O2. The van der Waals surface area contributed by atoms with E-state index in [1.165, 1.54) is 0 Å². The van der Waals surface area contributed by atoms with Crippen molar-refractivity contribution < 1.29 is 10.2 Å². The number of hydrogen-bond donors (Lipinski definition) is 2. The van der Waals surface area contributed by atoms with Crippen molar-refractivity contribution in [1.82, 2.24) is 0 Å². The maximum atomic E-state index is 9.58. The minimum Gasteiger partial charge on any atom is -0.508 e. The molecule has 17 heavy (non-hydrogen) atoms. The lowest BCUT2D eigenvalue weighted by molar-refractivity contribution is 0.470. The molecule has 0 radical (unpaired) electrons. The fraction of sp³-hybridized carbons (Fsp3) is 0.0667. The monoisotopic (exact) mass is 226 g/mol. The molecule has 86 valence electrons. The number of hydrogen-bond acceptors (Lipinski definition) is 2. The average molecular weight is 226 g/mol. The Hall–Kier alpha value is -2.22. The second kappa shape index (κ2) is 5.21. The van der Waals surface area contributed by atoms with Gasteiger partial charge in [0.2, 0.25) is 0 Å². The Morgan fingerprint density at radius 1 is 0.824 bits per heavy atom. The van der Waals surface area contributed by atoms with Gasteiger partial charge in [0.1, 0.15) is 11.5 Å². The first-order valence-electron chi connectivity index (χ1n) is 5.49. The van der Waals surface area contributed by atoms with Crippen LogP contribution in [0.25, 0.3) is 6.08 Å². The van der Waals surface area contributed by atoms with Crippen LogP contribution in [0.4, 0.5) is 0 Å². The summed E-state index contributed by atoms with van der Waals surface area (Å²) < 4.78 is 0. The Morgan fingerprint density at radius 3 is 2.18 bits per heavy atom. The molecule has 2 nitrogen and oxygen atoms in total. The zero-order valence-corrected chi connectivity index (χ0v) is 9.38. The van der Waals surface area contributed by atoms with E-state index in [1.807, 2.05) is 36.4 Å². The van der Waals surface area contributed by atoms with Crippen LogP contribution in [0, 0.1) is 0 Å². The molecule has 2 heteroatoms. The predicted molar refractivity (Wildman–Crippen MR) is 69.0 cm³/mol. The Morgan fingerprint density at radius 2 is 1.47 bits per heavy atom. The van der Waals surface area contributed by atoms with Gasteiger partial charge in [0.25, 0.3) is 0 Å². The topological polar surface area (TPSA) is 40.5 Å². The van der Waals surface area contributed by atoms with Crippen LogP contribution >= 0.6 is 0 Å². The Balaban J connectivity index is 2.09. The summed E-state index contributed by atoms with van der Waals surface area (Å²) in [5.41, 5.74) is 1.65. The summed E-state index contributed by atoms with van der Waals surface area (Å²) in [6.07, 6.45) is 4.41. The zero-order chi connectivity index (χ0) is 12.1. The number of benzene rings is 2. The minimum absolute atomic E-state index is 0.265. The van der Waals surface area contributed by atoms with Crippen LogP contribution in [0.5, 0.6) is 11.5 Å². The lowest BCUT2D eigenvalue weighted by Gasteiger charge is -2.00. The molecule has 0 aliphatic heterocycles. The quantitative estimate of drug-likeness (QED) is 0.842. The number of aromatic hydroxyl groups is 2. The van der Waals surface area contributed by atoms with Crippen molar-refractivity contribution in [3.8, 4) is 11.5 Å². The first-order valence-corrected chi connectivity index (χ1v) is 5.49. The fourth-order valence-electron chi connectivity index (χ4n) is 1.62. The zero-order valence-electron chi connectivity index (χ0n) is 9.38. The molecule has 2 N–H and O–H groups in total. The normalized spacial score (nSPS) is 10.8. The number of rotatable bonds is 3. The van der Waals surface area contributed by atoms with Crippen molar-refractivity contribution in [2.45, 2.75) is 6.42 Å². The molecular weight excluding hydrogens is 212 g/mol. The van der Waals surface area contributed by atoms with Gasteiger partial charge in [-0.2, -0.15) is 0 Å². The van der Waals surface area contributed by atoms with E-state index in [2.05, 4.69) is 0 Å². The Labute approximate surface area is 100 Å². The summed E-state index contributed by atoms with van der Waals surface area (Å²) in [6.45, 7) is 0. The van der Waals surface area contributed by atoms with Gasteiger partial charge >= 0.3 is 0 Å². The standard InChI is InChI=1S/C15H14O2/c16-14-10-3-1-6-12(14)8-5-9-13-7-2-4-11-15(13)17/h1-8,10-11,16-17H,9H2. The predicted octanol–water partition coefficient (Wildman–Crippen LogP) is 3.35. The van der Waals surface area contributed by atoms with Crippen molar-refractivity contribution in [3.63, 3.8) is 0 Å². The van der Waals surface area contributed by atoms with Crippen molar-refractivity contribution >= 4 is 6.08 Å². The number of para-hydroxylation sites is 2. The molecule has 0 atom stereocenters. The smallest absolute Gasteiger partial charge is 0.122 e. The van der Waals surface area contributed by atoms with Gasteiger partial charge in [-0.25, -0.2) is 0 Å². The van der Waals surface area contributed by atoms with E-state index in [4.69, 9.17) is 0 Å². The van der Waals surface area contributed by atoms with Crippen LogP contribution in [0.1, 0.15) is 11.1 Å². The molecule has 2 rings (SSSR count). The summed E-state index contributed by atoms with van der Waals surface area (Å²) >= 11 is 0. The van der Waals surface area contributed by atoms with Gasteiger partial charge in [-0.1, -0.05) is 48.6 Å². The third-order valence-electron chi connectivity index (χ3n) is 2.56. The Kier molecular flexibility index (Phi) is 3.46. The van der Waals surface area contributed by atoms with Crippen molar-refractivity contribution in [2.24, 2.45) is 0 Å². The summed E-state index contributed by atoms with van der Waals surface area (Å²) in [5.74, 6) is 0.565. The molecule has 0 saturated heterocycles. The van der Waals surface area contributed by atoms with E-state index < -0.39 is 0 Å². The third-order valence-corrected chi connectivity index (χ3v) is 2.56. The molecule has 0 aliphatic carbocycles. The summed E-state index contributed by atoms with van der Waals surface area (Å²) in [6, 6.07) is 14.4. The van der Waals surface area contributed by atoms with E-state index in [0.29, 0.717) is 12.2 Å². The lowest BCUT2D eigenvalue weighted by Crippen LogP contribution is -1.81. The van der Waals surface area contributed by atoms with Crippen LogP contribution in [-0.4, -0.2) is 10.2 Å². The van der Waals surface area contributed by atoms with Gasteiger partial charge in [-0.15, -0.1) is 0 Å². The van der Waals surface area contributed by atoms with E-state index in [-0.39, 0.29) is 5.75 Å². The van der Waals surface area contributed by atoms with Crippen LogP contribution < -0.4 is 0 Å². The summed E-state index contributed by atoms with van der Waals surface area (Å²) in [4.78, 5) is 0. The molecule has 0 fully saturated rings. The molecule has 0 spiro atoms. The molecule has 0 unspecified atom stereocenters. The first-order chi connectivity index (χ1) is 8.27. The third kappa shape index (κ3) is 2.88. The molecule has 0 heterocycles. The summed E-state index contributed by atoms with van der Waals surface area (Å²) in [7, 11) is 0. The van der Waals surface area contributed by atoms with E-state index in [0.717, 1.165) is 11.1 Å². The average Bonchev–Trinajstić information content (AvgIpc) is 2.34. The van der Waals surface area contributed by atoms with Gasteiger partial charge in [0, 0.05) is 5.56 Å². The fourth-order valence-corrected chi connectivity index (χ4v) is 1.62. The largest absolute Gasteiger partial charge is 0.508 e. The number of allylic oxidation sites excluding steroid dienone is 1. The van der Waals surface area contributed by atoms with Gasteiger partial charge in [-0.05, 0) is 24.1 Å². The highest BCUT2D eigenvalue weighted by Crippen LogP contribution is 2.19. The van der Waals surface area contributed by atoms with Crippen LogP contribution in [0.2, 0.25) is 0 Å². The highest BCUT2D eigenvalue weighted by atomic mass is 16.3. The first kappa shape index (κ1) is 11.3. The van der Waals surface area contributed by atoms with Gasteiger partial charge in [-0.3, -0.25) is 0 Å². The van der Waals surface area contributed by atoms with E-state index >= 15 is 0 Å². The van der Waals surface area contributed by atoms with E-state index in [1.54, 1.807) is 24.3 Å². The van der Waals surface area contributed by atoms with Crippen LogP contribution in [0.3, 0.4) is 0 Å². The van der Waals surface area contributed by atoms with Gasteiger partial charge in [0.15, 0.2) is 0 Å². The number of phenols is 2. The molecule has 0 aromatic heterocycles. The second-order valence-corrected chi connectivity index (χ2v) is 3.79. The lowest BCUT2D eigenvalue weighted by atomic mass is 10.1. The van der Waals surface area contributed by atoms with Crippen LogP contribution in [0.15, 0.2) is 54.6 Å². The summed E-state index contributed by atoms with van der Waals surface area (Å²) in [5, 5.41) is 19.1. The highest BCUT2D eigenvalue weighted by molar-refractivity contribution is 5.57. The maximum absolute atomic E-state index is 9.58. The van der Waals surface area contributed by atoms with Gasteiger partial charge < -0.3 is 10.2 Å². The highest BCUT2D eigenvalue weighted by Gasteiger charge is 1.97. The maximum Gasteiger partial charge on any atom is 0.122 e. The van der Waals surface area contributed by atoms with Crippen molar-refractivity contribution in [2.75, 3.05) is 0 Å². The molecule has 0 saturated carbocycles. The molecule has 0 amide bonds. The van der Waals surface area contributed by atoms with Crippen molar-refractivity contribution in [3.05, 3.63) is 65.7 Å². The SMILES string of the molecule is Oc1ccccc1C=CCc1ccccc1O.